The van der Waals surface area contributed by atoms with Gasteiger partial charge in [-0.2, -0.15) is 0 Å². The summed E-state index contributed by atoms with van der Waals surface area (Å²) >= 11 is 1.62. The number of carboxylic acids is 1. The lowest BCUT2D eigenvalue weighted by molar-refractivity contribution is -0.138. The summed E-state index contributed by atoms with van der Waals surface area (Å²) in [4.78, 5) is 11.6. The summed E-state index contributed by atoms with van der Waals surface area (Å²) in [7, 11) is 0. The third kappa shape index (κ3) is 3.81. The standard InChI is InChI=1S/C10H13NO2S/c11-9(10(12)13)6-7-14-8-4-2-1-3-5-8/h1-5,9H,6-7,11H2,(H,12,13)/t9-/m0/s1. The minimum absolute atomic E-state index is 0.495. The van der Waals surface area contributed by atoms with Crippen molar-refractivity contribution in [3.8, 4) is 0 Å². The molecule has 0 aliphatic rings. The molecule has 0 unspecified atom stereocenters. The number of hydrogen-bond donors (Lipinski definition) is 2. The summed E-state index contributed by atoms with van der Waals surface area (Å²) in [6.45, 7) is 0. The van der Waals surface area contributed by atoms with Crippen LogP contribution in [-0.2, 0) is 4.79 Å². The fraction of sp³-hybridized carbons (Fsp3) is 0.300. The Morgan fingerprint density at radius 2 is 2.07 bits per heavy atom. The maximum atomic E-state index is 10.4. The molecule has 0 radical (unpaired) electrons. The van der Waals surface area contributed by atoms with Crippen LogP contribution in [0.5, 0.6) is 0 Å². The van der Waals surface area contributed by atoms with Gasteiger partial charge in [-0.25, -0.2) is 0 Å². The summed E-state index contributed by atoms with van der Waals surface area (Å²) in [5.74, 6) is -0.198. The van der Waals surface area contributed by atoms with Gasteiger partial charge in [0.05, 0.1) is 0 Å². The Kier molecular flexibility index (Phi) is 4.49. The molecule has 0 heterocycles. The van der Waals surface area contributed by atoms with Crippen molar-refractivity contribution < 1.29 is 9.90 Å². The SMILES string of the molecule is N[C@@H](CCSc1ccccc1)C(=O)O. The lowest BCUT2D eigenvalue weighted by Crippen LogP contribution is -2.30. The Hall–Kier alpha value is -1.00. The number of thioether (sulfide) groups is 1. The number of rotatable bonds is 5. The molecule has 0 amide bonds. The Morgan fingerprint density at radius 1 is 1.43 bits per heavy atom. The molecule has 76 valence electrons. The third-order valence-electron chi connectivity index (χ3n) is 1.76. The number of hydrogen-bond acceptors (Lipinski definition) is 3. The monoisotopic (exact) mass is 211 g/mol. The van der Waals surface area contributed by atoms with E-state index in [0.717, 1.165) is 10.6 Å². The quantitative estimate of drug-likeness (QED) is 0.726. The molecule has 1 aromatic rings. The lowest BCUT2D eigenvalue weighted by atomic mass is 10.2. The van der Waals surface area contributed by atoms with Gasteiger partial charge in [-0.05, 0) is 18.6 Å². The van der Waals surface area contributed by atoms with Gasteiger partial charge >= 0.3 is 5.97 Å². The van der Waals surface area contributed by atoms with E-state index in [9.17, 15) is 4.79 Å². The molecule has 0 aliphatic heterocycles. The van der Waals surface area contributed by atoms with Crippen molar-refractivity contribution in [1.29, 1.82) is 0 Å². The number of aliphatic carboxylic acids is 1. The molecule has 0 aliphatic carbocycles. The maximum Gasteiger partial charge on any atom is 0.320 e. The molecule has 14 heavy (non-hydrogen) atoms. The Bertz CT molecular complexity index is 289. The second kappa shape index (κ2) is 5.67. The van der Waals surface area contributed by atoms with E-state index >= 15 is 0 Å². The molecule has 0 fully saturated rings. The van der Waals surface area contributed by atoms with Gasteiger partial charge in [0.2, 0.25) is 0 Å². The third-order valence-corrected chi connectivity index (χ3v) is 2.80. The van der Waals surface area contributed by atoms with E-state index in [2.05, 4.69) is 0 Å². The second-order valence-corrected chi connectivity index (χ2v) is 4.06. The van der Waals surface area contributed by atoms with Gasteiger partial charge in [0.15, 0.2) is 0 Å². The first-order valence-electron chi connectivity index (χ1n) is 4.36. The maximum absolute atomic E-state index is 10.4. The summed E-state index contributed by atoms with van der Waals surface area (Å²) in [5, 5.41) is 8.54. The van der Waals surface area contributed by atoms with Crippen molar-refractivity contribution in [3.05, 3.63) is 30.3 Å². The van der Waals surface area contributed by atoms with Crippen LogP contribution in [0.3, 0.4) is 0 Å². The van der Waals surface area contributed by atoms with Crippen LogP contribution >= 0.6 is 11.8 Å². The van der Waals surface area contributed by atoms with Gasteiger partial charge in [0, 0.05) is 10.6 Å². The van der Waals surface area contributed by atoms with Crippen LogP contribution in [0, 0.1) is 0 Å². The number of nitrogens with two attached hydrogens (primary N) is 1. The molecule has 0 aromatic heterocycles. The van der Waals surface area contributed by atoms with Crippen LogP contribution in [0.4, 0.5) is 0 Å². The van der Waals surface area contributed by atoms with Gasteiger partial charge in [-0.15, -0.1) is 11.8 Å². The second-order valence-electron chi connectivity index (χ2n) is 2.89. The fourth-order valence-corrected chi connectivity index (χ4v) is 1.90. The van der Waals surface area contributed by atoms with Crippen LogP contribution in [0.25, 0.3) is 0 Å². The van der Waals surface area contributed by atoms with Crippen molar-refractivity contribution in [3.63, 3.8) is 0 Å². The molecule has 1 aromatic carbocycles. The fourth-order valence-electron chi connectivity index (χ4n) is 0.944. The molecule has 3 N–H and O–H groups in total. The first-order valence-corrected chi connectivity index (χ1v) is 5.35. The minimum atomic E-state index is -0.932. The predicted molar refractivity (Wildman–Crippen MR) is 57.4 cm³/mol. The largest absolute Gasteiger partial charge is 0.480 e. The average Bonchev–Trinajstić information content (AvgIpc) is 2.19. The van der Waals surface area contributed by atoms with Crippen molar-refractivity contribution in [1.82, 2.24) is 0 Å². The van der Waals surface area contributed by atoms with Gasteiger partial charge < -0.3 is 10.8 Å². The van der Waals surface area contributed by atoms with E-state index in [0.29, 0.717) is 6.42 Å². The minimum Gasteiger partial charge on any atom is -0.480 e. The van der Waals surface area contributed by atoms with Crippen LogP contribution in [0.1, 0.15) is 6.42 Å². The first-order chi connectivity index (χ1) is 6.70. The molecule has 0 bridgehead atoms. The van der Waals surface area contributed by atoms with Crippen LogP contribution in [0.15, 0.2) is 35.2 Å². The number of benzene rings is 1. The average molecular weight is 211 g/mol. The van der Waals surface area contributed by atoms with Crippen LogP contribution in [-0.4, -0.2) is 22.9 Å². The van der Waals surface area contributed by atoms with Gasteiger partial charge in [0.1, 0.15) is 6.04 Å². The molecule has 0 saturated carbocycles. The molecular formula is C10H13NO2S. The summed E-state index contributed by atoms with van der Waals surface area (Å²) < 4.78 is 0. The van der Waals surface area contributed by atoms with Crippen LogP contribution in [0.2, 0.25) is 0 Å². The Balaban J connectivity index is 2.26. The van der Waals surface area contributed by atoms with E-state index in [1.54, 1.807) is 11.8 Å². The molecule has 0 spiro atoms. The van der Waals surface area contributed by atoms with Crippen molar-refractivity contribution in [2.75, 3.05) is 5.75 Å². The number of carbonyl (C=O) groups is 1. The smallest absolute Gasteiger partial charge is 0.320 e. The predicted octanol–water partition coefficient (Wildman–Crippen LogP) is 1.58. The van der Waals surface area contributed by atoms with E-state index in [1.165, 1.54) is 0 Å². The Labute approximate surface area is 87.3 Å². The van der Waals surface area contributed by atoms with Crippen molar-refractivity contribution >= 4 is 17.7 Å². The van der Waals surface area contributed by atoms with E-state index in [4.69, 9.17) is 10.8 Å². The first kappa shape index (κ1) is 11.1. The highest BCUT2D eigenvalue weighted by atomic mass is 32.2. The van der Waals surface area contributed by atoms with Crippen LogP contribution < -0.4 is 5.73 Å². The zero-order valence-electron chi connectivity index (χ0n) is 7.72. The molecule has 4 heteroatoms. The highest BCUT2D eigenvalue weighted by Crippen LogP contribution is 2.17. The van der Waals surface area contributed by atoms with Crippen molar-refractivity contribution in [2.45, 2.75) is 17.4 Å². The summed E-state index contributed by atoms with van der Waals surface area (Å²) in [5.41, 5.74) is 5.37. The number of carboxylic acid groups (broad SMARTS) is 1. The molecule has 1 rings (SSSR count). The zero-order valence-corrected chi connectivity index (χ0v) is 8.54. The summed E-state index contributed by atoms with van der Waals surface area (Å²) in [6.07, 6.45) is 0.495. The molecule has 0 saturated heterocycles. The van der Waals surface area contributed by atoms with Crippen molar-refractivity contribution in [2.24, 2.45) is 5.73 Å². The highest BCUT2D eigenvalue weighted by Gasteiger charge is 2.10. The topological polar surface area (TPSA) is 63.3 Å². The van der Waals surface area contributed by atoms with E-state index in [-0.39, 0.29) is 0 Å². The molecule has 1 atom stereocenters. The molecule has 3 nitrogen and oxygen atoms in total. The Morgan fingerprint density at radius 3 is 2.64 bits per heavy atom. The van der Waals surface area contributed by atoms with E-state index in [1.807, 2.05) is 30.3 Å². The van der Waals surface area contributed by atoms with Gasteiger partial charge in [-0.3, -0.25) is 4.79 Å². The van der Waals surface area contributed by atoms with Gasteiger partial charge in [-0.1, -0.05) is 18.2 Å². The highest BCUT2D eigenvalue weighted by molar-refractivity contribution is 7.99. The zero-order chi connectivity index (χ0) is 10.4. The summed E-state index contributed by atoms with van der Waals surface area (Å²) in [6, 6.07) is 9.12. The molecular weight excluding hydrogens is 198 g/mol. The normalized spacial score (nSPS) is 12.4. The van der Waals surface area contributed by atoms with Gasteiger partial charge in [0.25, 0.3) is 0 Å². The van der Waals surface area contributed by atoms with E-state index < -0.39 is 12.0 Å². The lowest BCUT2D eigenvalue weighted by Gasteiger charge is -2.05.